The maximum Gasteiger partial charge on any atom is 0.0756 e. The predicted molar refractivity (Wildman–Crippen MR) is 47.6 cm³/mol. The molecular weight excluding hydrogens is 136 g/mol. The molecule has 1 aliphatic rings. The van der Waals surface area contributed by atoms with Crippen LogP contribution < -0.4 is 0 Å². The molecule has 0 saturated carbocycles. The molecule has 1 heteroatoms. The highest BCUT2D eigenvalue weighted by Gasteiger charge is 2.14. The molecule has 0 aliphatic carbocycles. The van der Waals surface area contributed by atoms with Crippen LogP contribution in [0.15, 0.2) is 11.1 Å². The van der Waals surface area contributed by atoms with Gasteiger partial charge in [0, 0.05) is 0 Å². The van der Waals surface area contributed by atoms with Gasteiger partial charge in [0.2, 0.25) is 0 Å². The third-order valence-electron chi connectivity index (χ3n) is 2.49. The number of hydrogen-bond acceptors (Lipinski definition) is 1. The van der Waals surface area contributed by atoms with E-state index in [1.807, 2.05) is 0 Å². The smallest absolute Gasteiger partial charge is 0.0756 e. The second-order valence-electron chi connectivity index (χ2n) is 3.30. The maximum absolute atomic E-state index is 5.51. The molecule has 0 saturated heterocycles. The Bertz CT molecular complexity index is 158. The van der Waals surface area contributed by atoms with Crippen LogP contribution >= 0.6 is 0 Å². The molecule has 0 bridgehead atoms. The van der Waals surface area contributed by atoms with E-state index in [-0.39, 0.29) is 0 Å². The molecule has 0 aromatic carbocycles. The third kappa shape index (κ3) is 2.06. The number of hydrogen-bond donors (Lipinski definition) is 0. The van der Waals surface area contributed by atoms with Gasteiger partial charge in [-0.3, -0.25) is 0 Å². The van der Waals surface area contributed by atoms with Crippen LogP contribution in [-0.4, -0.2) is 12.7 Å². The van der Waals surface area contributed by atoms with Gasteiger partial charge in [-0.2, -0.15) is 0 Å². The minimum atomic E-state index is 0.366. The van der Waals surface area contributed by atoms with E-state index in [2.05, 4.69) is 20.8 Å². The molecule has 0 unspecified atom stereocenters. The summed E-state index contributed by atoms with van der Waals surface area (Å²) in [6.45, 7) is 7.51. The lowest BCUT2D eigenvalue weighted by Crippen LogP contribution is -2.18. The van der Waals surface area contributed by atoms with Crippen LogP contribution in [0.2, 0.25) is 0 Å². The third-order valence-corrected chi connectivity index (χ3v) is 2.49. The molecule has 0 fully saturated rings. The van der Waals surface area contributed by atoms with Crippen molar-refractivity contribution in [1.29, 1.82) is 0 Å². The van der Waals surface area contributed by atoms with Gasteiger partial charge in [0.1, 0.15) is 0 Å². The van der Waals surface area contributed by atoms with Crippen LogP contribution in [0.3, 0.4) is 0 Å². The summed E-state index contributed by atoms with van der Waals surface area (Å²) in [5.74, 6) is 0. The molecule has 64 valence electrons. The van der Waals surface area contributed by atoms with Crippen LogP contribution in [0, 0.1) is 0 Å². The van der Waals surface area contributed by atoms with Crippen molar-refractivity contribution in [1.82, 2.24) is 0 Å². The fraction of sp³-hybridized carbons (Fsp3) is 0.800. The second kappa shape index (κ2) is 3.91. The van der Waals surface area contributed by atoms with Crippen LogP contribution in [-0.2, 0) is 4.74 Å². The molecule has 11 heavy (non-hydrogen) atoms. The molecule has 0 amide bonds. The molecule has 0 N–H and O–H groups in total. The summed E-state index contributed by atoms with van der Waals surface area (Å²) < 4.78 is 5.51. The molecule has 0 spiro atoms. The minimum absolute atomic E-state index is 0.366. The van der Waals surface area contributed by atoms with Gasteiger partial charge < -0.3 is 4.74 Å². The first-order chi connectivity index (χ1) is 5.25. The van der Waals surface area contributed by atoms with Gasteiger partial charge in [-0.1, -0.05) is 18.9 Å². The largest absolute Gasteiger partial charge is 0.374 e. The minimum Gasteiger partial charge on any atom is -0.374 e. The zero-order chi connectivity index (χ0) is 8.27. The van der Waals surface area contributed by atoms with Crippen LogP contribution in [0.5, 0.6) is 0 Å². The number of rotatable bonds is 2. The molecule has 1 aliphatic heterocycles. The van der Waals surface area contributed by atoms with Crippen LogP contribution in [0.4, 0.5) is 0 Å². The van der Waals surface area contributed by atoms with Crippen molar-refractivity contribution in [3.8, 4) is 0 Å². The summed E-state index contributed by atoms with van der Waals surface area (Å²) >= 11 is 0. The average molecular weight is 154 g/mol. The highest BCUT2D eigenvalue weighted by Crippen LogP contribution is 2.23. The second-order valence-corrected chi connectivity index (χ2v) is 3.30. The van der Waals surface area contributed by atoms with E-state index >= 15 is 0 Å². The Kier molecular flexibility index (Phi) is 3.13. The first-order valence-corrected chi connectivity index (χ1v) is 4.55. The predicted octanol–water partition coefficient (Wildman–Crippen LogP) is 2.91. The average Bonchev–Trinajstić information content (AvgIpc) is 1.99. The SMILES string of the molecule is CCCC1=C(C)[C@@H](C)OCC1. The van der Waals surface area contributed by atoms with E-state index in [1.54, 1.807) is 5.57 Å². The van der Waals surface area contributed by atoms with Crippen molar-refractivity contribution in [2.24, 2.45) is 0 Å². The lowest BCUT2D eigenvalue weighted by atomic mass is 9.96. The summed E-state index contributed by atoms with van der Waals surface area (Å²) in [5.41, 5.74) is 3.10. The lowest BCUT2D eigenvalue weighted by molar-refractivity contribution is 0.0788. The van der Waals surface area contributed by atoms with Crippen molar-refractivity contribution in [3.05, 3.63) is 11.1 Å². The summed E-state index contributed by atoms with van der Waals surface area (Å²) in [7, 11) is 0. The fourth-order valence-electron chi connectivity index (χ4n) is 1.59. The summed E-state index contributed by atoms with van der Waals surface area (Å²) in [6.07, 6.45) is 4.05. The van der Waals surface area contributed by atoms with Gasteiger partial charge in [0.05, 0.1) is 12.7 Å². The van der Waals surface area contributed by atoms with Gasteiger partial charge in [-0.05, 0) is 32.3 Å². The van der Waals surface area contributed by atoms with Gasteiger partial charge >= 0.3 is 0 Å². The van der Waals surface area contributed by atoms with E-state index in [9.17, 15) is 0 Å². The Morgan fingerprint density at radius 2 is 2.27 bits per heavy atom. The van der Waals surface area contributed by atoms with Gasteiger partial charge in [-0.25, -0.2) is 0 Å². The normalized spacial score (nSPS) is 25.9. The molecule has 1 rings (SSSR count). The summed E-state index contributed by atoms with van der Waals surface area (Å²) in [6, 6.07) is 0. The van der Waals surface area contributed by atoms with Gasteiger partial charge in [-0.15, -0.1) is 0 Å². The lowest BCUT2D eigenvalue weighted by Gasteiger charge is -2.24. The van der Waals surface area contributed by atoms with Crippen LogP contribution in [0.1, 0.15) is 40.0 Å². The Labute approximate surface area is 69.4 Å². The van der Waals surface area contributed by atoms with Crippen LogP contribution in [0.25, 0.3) is 0 Å². The zero-order valence-corrected chi connectivity index (χ0v) is 7.81. The monoisotopic (exact) mass is 154 g/mol. The fourth-order valence-corrected chi connectivity index (χ4v) is 1.59. The highest BCUT2D eigenvalue weighted by atomic mass is 16.5. The molecule has 1 heterocycles. The molecule has 0 radical (unpaired) electrons. The van der Waals surface area contributed by atoms with E-state index in [1.165, 1.54) is 18.4 Å². The van der Waals surface area contributed by atoms with E-state index in [4.69, 9.17) is 4.74 Å². The highest BCUT2D eigenvalue weighted by molar-refractivity contribution is 5.17. The first-order valence-electron chi connectivity index (χ1n) is 4.55. The van der Waals surface area contributed by atoms with Gasteiger partial charge in [0.25, 0.3) is 0 Å². The summed E-state index contributed by atoms with van der Waals surface area (Å²) in [4.78, 5) is 0. The first kappa shape index (κ1) is 8.79. The van der Waals surface area contributed by atoms with E-state index in [0.29, 0.717) is 6.10 Å². The molecule has 1 atom stereocenters. The molecular formula is C10H18O. The van der Waals surface area contributed by atoms with Crippen molar-refractivity contribution in [3.63, 3.8) is 0 Å². The van der Waals surface area contributed by atoms with Crippen molar-refractivity contribution >= 4 is 0 Å². The molecule has 0 aromatic heterocycles. The standard InChI is InChI=1S/C10H18O/c1-4-5-10-6-7-11-9(3)8(10)2/h9H,4-7H2,1-3H3/t9-/m1/s1. The Morgan fingerprint density at radius 1 is 1.55 bits per heavy atom. The van der Waals surface area contributed by atoms with E-state index in [0.717, 1.165) is 13.0 Å². The number of ether oxygens (including phenoxy) is 1. The van der Waals surface area contributed by atoms with E-state index < -0.39 is 0 Å². The van der Waals surface area contributed by atoms with Gasteiger partial charge in [0.15, 0.2) is 0 Å². The summed E-state index contributed by atoms with van der Waals surface area (Å²) in [5, 5.41) is 0. The maximum atomic E-state index is 5.51. The molecule has 0 aromatic rings. The zero-order valence-electron chi connectivity index (χ0n) is 7.81. The van der Waals surface area contributed by atoms with Crippen molar-refractivity contribution < 1.29 is 4.74 Å². The Balaban J connectivity index is 2.63. The quantitative estimate of drug-likeness (QED) is 0.556. The van der Waals surface area contributed by atoms with Crippen molar-refractivity contribution in [2.45, 2.75) is 46.1 Å². The van der Waals surface area contributed by atoms with Crippen molar-refractivity contribution in [2.75, 3.05) is 6.61 Å². The Morgan fingerprint density at radius 3 is 2.91 bits per heavy atom. The Hall–Kier alpha value is -0.300. The molecule has 1 nitrogen and oxygen atoms in total. The topological polar surface area (TPSA) is 9.23 Å².